The van der Waals surface area contributed by atoms with Gasteiger partial charge in [0.15, 0.2) is 11.9 Å². The Morgan fingerprint density at radius 2 is 2.06 bits per heavy atom. The summed E-state index contributed by atoms with van der Waals surface area (Å²) in [7, 11) is 0. The molecular weight excluding hydrogens is 411 g/mol. The number of amides is 1. The van der Waals surface area contributed by atoms with Crippen LogP contribution in [0, 0.1) is 11.3 Å². The number of alkyl halides is 3. The Labute approximate surface area is 175 Å². The van der Waals surface area contributed by atoms with Gasteiger partial charge in [0, 0.05) is 24.5 Å². The first kappa shape index (κ1) is 20.4. The molecule has 1 aliphatic rings. The predicted octanol–water partition coefficient (Wildman–Crippen LogP) is 3.62. The minimum atomic E-state index is -4.59. The zero-order valence-electron chi connectivity index (χ0n) is 16.3. The number of carbonyl (C=O) groups excluding carboxylic acids is 1. The molecule has 0 saturated carbocycles. The molecule has 0 fully saturated rings. The minimum absolute atomic E-state index is 0.0992. The Balaban J connectivity index is 1.57. The normalized spacial score (nSPS) is 14.1. The molecule has 0 radical (unpaired) electrons. The van der Waals surface area contributed by atoms with E-state index in [1.165, 1.54) is 23.1 Å². The molecule has 0 saturated heterocycles. The molecule has 1 amide bonds. The van der Waals surface area contributed by atoms with Crippen LogP contribution in [0.25, 0.3) is 5.82 Å². The first-order chi connectivity index (χ1) is 14.8. The number of benzene rings is 1. The lowest BCUT2D eigenvalue weighted by atomic mass is 10.1. The highest BCUT2D eigenvalue weighted by Crippen LogP contribution is 2.31. The molecule has 158 valence electrons. The Kier molecular flexibility index (Phi) is 5.10. The fourth-order valence-corrected chi connectivity index (χ4v) is 3.20. The smallest absolute Gasteiger partial charge is 0.425 e. The number of hydrogen-bond donors (Lipinski definition) is 0. The summed E-state index contributed by atoms with van der Waals surface area (Å²) in [5.41, 5.74) is 1.52. The maximum atomic E-state index is 13.1. The molecule has 0 spiro atoms. The van der Waals surface area contributed by atoms with Gasteiger partial charge in [-0.1, -0.05) is 6.07 Å². The van der Waals surface area contributed by atoms with Gasteiger partial charge in [0.1, 0.15) is 5.75 Å². The molecule has 1 aromatic carbocycles. The molecule has 2 aromatic heterocycles. The number of carbonyl (C=O) groups is 1. The molecule has 1 aliphatic heterocycles. The van der Waals surface area contributed by atoms with Gasteiger partial charge in [-0.2, -0.15) is 23.5 Å². The van der Waals surface area contributed by atoms with Crippen LogP contribution in [-0.4, -0.2) is 37.9 Å². The molecule has 1 unspecified atom stereocenters. The molecule has 0 aliphatic carbocycles. The predicted molar refractivity (Wildman–Crippen MR) is 102 cm³/mol. The second kappa shape index (κ2) is 7.75. The summed E-state index contributed by atoms with van der Waals surface area (Å²) < 4.78 is 45.5. The van der Waals surface area contributed by atoms with Gasteiger partial charge >= 0.3 is 6.18 Å². The SMILES string of the molecule is CC(Oc1ccc(C#N)cc1C(=O)N1Cc2cn(-c3ccccn3)nc2C1)C(F)(F)F. The largest absolute Gasteiger partial charge is 0.480 e. The highest BCUT2D eigenvalue weighted by atomic mass is 19.4. The number of hydrogen-bond acceptors (Lipinski definition) is 5. The van der Waals surface area contributed by atoms with E-state index in [1.807, 2.05) is 12.1 Å². The van der Waals surface area contributed by atoms with E-state index in [9.17, 15) is 18.0 Å². The summed E-state index contributed by atoms with van der Waals surface area (Å²) in [4.78, 5) is 18.8. The highest BCUT2D eigenvalue weighted by molar-refractivity contribution is 5.97. The van der Waals surface area contributed by atoms with Crippen molar-refractivity contribution in [2.75, 3.05) is 0 Å². The summed E-state index contributed by atoms with van der Waals surface area (Å²) in [6.45, 7) is 1.27. The lowest BCUT2D eigenvalue weighted by molar-refractivity contribution is -0.189. The number of pyridine rings is 1. The monoisotopic (exact) mass is 427 g/mol. The Hall–Kier alpha value is -3.87. The summed E-state index contributed by atoms with van der Waals surface area (Å²) in [6.07, 6.45) is -3.29. The molecule has 0 bridgehead atoms. The van der Waals surface area contributed by atoms with Crippen molar-refractivity contribution in [3.05, 3.63) is 71.2 Å². The van der Waals surface area contributed by atoms with Crippen molar-refractivity contribution in [2.24, 2.45) is 0 Å². The van der Waals surface area contributed by atoms with E-state index in [1.54, 1.807) is 29.2 Å². The van der Waals surface area contributed by atoms with E-state index in [2.05, 4.69) is 10.1 Å². The first-order valence-corrected chi connectivity index (χ1v) is 9.32. The number of nitrogens with zero attached hydrogens (tertiary/aromatic N) is 5. The van der Waals surface area contributed by atoms with Crippen LogP contribution < -0.4 is 4.74 Å². The third-order valence-corrected chi connectivity index (χ3v) is 4.85. The number of fused-ring (bicyclic) bond motifs is 1. The van der Waals surface area contributed by atoms with E-state index < -0.39 is 18.2 Å². The summed E-state index contributed by atoms with van der Waals surface area (Å²) >= 11 is 0. The van der Waals surface area contributed by atoms with Crippen molar-refractivity contribution in [1.29, 1.82) is 5.26 Å². The second-order valence-electron chi connectivity index (χ2n) is 7.02. The number of ether oxygens (including phenoxy) is 1. The summed E-state index contributed by atoms with van der Waals surface area (Å²) in [5, 5.41) is 13.6. The third-order valence-electron chi connectivity index (χ3n) is 4.85. The van der Waals surface area contributed by atoms with E-state index in [0.29, 0.717) is 11.5 Å². The van der Waals surface area contributed by atoms with E-state index in [0.717, 1.165) is 12.5 Å². The highest BCUT2D eigenvalue weighted by Gasteiger charge is 2.39. The van der Waals surface area contributed by atoms with Crippen molar-refractivity contribution in [3.8, 4) is 17.6 Å². The first-order valence-electron chi connectivity index (χ1n) is 9.32. The fourth-order valence-electron chi connectivity index (χ4n) is 3.20. The van der Waals surface area contributed by atoms with Gasteiger partial charge in [0.2, 0.25) is 0 Å². The average Bonchev–Trinajstić information content (AvgIpc) is 3.33. The van der Waals surface area contributed by atoms with E-state index >= 15 is 0 Å². The van der Waals surface area contributed by atoms with Crippen molar-refractivity contribution < 1.29 is 22.7 Å². The van der Waals surface area contributed by atoms with Crippen LogP contribution in [0.15, 0.2) is 48.8 Å². The quantitative estimate of drug-likeness (QED) is 0.635. The van der Waals surface area contributed by atoms with Gasteiger partial charge in [0.05, 0.1) is 29.4 Å². The van der Waals surface area contributed by atoms with Crippen molar-refractivity contribution in [3.63, 3.8) is 0 Å². The van der Waals surface area contributed by atoms with Gasteiger partial charge in [-0.05, 0) is 37.3 Å². The molecular formula is C21H16F3N5O2. The summed E-state index contributed by atoms with van der Waals surface area (Å²) in [5.74, 6) is -0.130. The second-order valence-corrected chi connectivity index (χ2v) is 7.02. The average molecular weight is 427 g/mol. The van der Waals surface area contributed by atoms with Gasteiger partial charge in [-0.25, -0.2) is 9.67 Å². The van der Waals surface area contributed by atoms with Crippen LogP contribution in [0.3, 0.4) is 0 Å². The third kappa shape index (κ3) is 4.07. The van der Waals surface area contributed by atoms with Crippen molar-refractivity contribution >= 4 is 5.91 Å². The number of halogens is 3. The van der Waals surface area contributed by atoms with Crippen LogP contribution in [0.2, 0.25) is 0 Å². The van der Waals surface area contributed by atoms with Gasteiger partial charge in [-0.15, -0.1) is 0 Å². The van der Waals surface area contributed by atoms with Gasteiger partial charge in [-0.3, -0.25) is 4.79 Å². The van der Waals surface area contributed by atoms with Crippen molar-refractivity contribution in [1.82, 2.24) is 19.7 Å². The molecule has 0 N–H and O–H groups in total. The Morgan fingerprint density at radius 3 is 2.71 bits per heavy atom. The van der Waals surface area contributed by atoms with Gasteiger partial charge < -0.3 is 9.64 Å². The zero-order chi connectivity index (χ0) is 22.2. The molecule has 31 heavy (non-hydrogen) atoms. The Bertz CT molecular complexity index is 1140. The topological polar surface area (TPSA) is 84.0 Å². The van der Waals surface area contributed by atoms with Crippen LogP contribution in [-0.2, 0) is 13.1 Å². The summed E-state index contributed by atoms with van der Waals surface area (Å²) in [6, 6.07) is 11.1. The minimum Gasteiger partial charge on any atom is -0.480 e. The van der Waals surface area contributed by atoms with Gasteiger partial charge in [0.25, 0.3) is 5.91 Å². The Morgan fingerprint density at radius 1 is 1.26 bits per heavy atom. The van der Waals surface area contributed by atoms with Crippen LogP contribution in [0.1, 0.15) is 34.1 Å². The lowest BCUT2D eigenvalue weighted by Gasteiger charge is -2.22. The number of nitriles is 1. The molecule has 3 heterocycles. The molecule has 4 rings (SSSR count). The molecule has 3 aromatic rings. The fraction of sp³-hybridized carbons (Fsp3) is 0.238. The van der Waals surface area contributed by atoms with E-state index in [-0.39, 0.29) is 30.0 Å². The maximum absolute atomic E-state index is 13.1. The van der Waals surface area contributed by atoms with Crippen molar-refractivity contribution in [2.45, 2.75) is 32.3 Å². The molecule has 1 atom stereocenters. The molecule has 7 nitrogen and oxygen atoms in total. The van der Waals surface area contributed by atoms with Crippen LogP contribution in [0.5, 0.6) is 5.75 Å². The zero-order valence-corrected chi connectivity index (χ0v) is 16.3. The standard InChI is InChI=1S/C21H16F3N5O2/c1-13(21(22,23)24)31-18-6-5-14(9-25)8-16(18)20(30)28-10-15-11-29(27-17(15)12-28)19-4-2-3-7-26-19/h2-8,11,13H,10,12H2,1H3. The van der Waals surface area contributed by atoms with Crippen LogP contribution in [0.4, 0.5) is 13.2 Å². The maximum Gasteiger partial charge on any atom is 0.425 e. The number of rotatable bonds is 4. The van der Waals surface area contributed by atoms with E-state index in [4.69, 9.17) is 10.00 Å². The van der Waals surface area contributed by atoms with Crippen LogP contribution >= 0.6 is 0 Å². The number of aromatic nitrogens is 3. The lowest BCUT2D eigenvalue weighted by Crippen LogP contribution is -2.32. The molecule has 10 heteroatoms.